The molecule has 0 saturated heterocycles. The summed E-state index contributed by atoms with van der Waals surface area (Å²) in [5, 5.41) is 2.77. The molecule has 0 radical (unpaired) electrons. The van der Waals surface area contributed by atoms with Gasteiger partial charge in [-0.3, -0.25) is 9.59 Å². The maximum Gasteiger partial charge on any atom is 0.223 e. The van der Waals surface area contributed by atoms with Crippen LogP contribution in [0.1, 0.15) is 65.4 Å². The Balaban J connectivity index is 2.17. The van der Waals surface area contributed by atoms with Gasteiger partial charge in [-0.2, -0.15) is 0 Å². The van der Waals surface area contributed by atoms with Crippen molar-refractivity contribution in [3.8, 4) is 0 Å². The summed E-state index contributed by atoms with van der Waals surface area (Å²) in [5.41, 5.74) is 8.14. The fraction of sp³-hybridized carbons (Fsp3) is 0.619. The van der Waals surface area contributed by atoms with Crippen molar-refractivity contribution in [3.63, 3.8) is 0 Å². The van der Waals surface area contributed by atoms with Gasteiger partial charge in [0.2, 0.25) is 11.8 Å². The van der Waals surface area contributed by atoms with Crippen molar-refractivity contribution in [1.29, 1.82) is 0 Å². The lowest BCUT2D eigenvalue weighted by molar-refractivity contribution is -0.137. The standard InChI is InChI=1S/C21H33N3O2/c1-15(25)23-17-11-9-16(10-12-17)14-24(20(26)13-21(2,3)4)19-8-6-5-7-18(19)22/h9-12,18-19H,5-8,13-14,22H2,1-4H3,(H,23,25). The highest BCUT2D eigenvalue weighted by atomic mass is 16.2. The van der Waals surface area contributed by atoms with Crippen molar-refractivity contribution in [2.75, 3.05) is 5.32 Å². The van der Waals surface area contributed by atoms with Gasteiger partial charge in [0.1, 0.15) is 0 Å². The summed E-state index contributed by atoms with van der Waals surface area (Å²) in [5.74, 6) is 0.0821. The predicted molar refractivity (Wildman–Crippen MR) is 106 cm³/mol. The molecule has 2 rings (SSSR count). The summed E-state index contributed by atoms with van der Waals surface area (Å²) >= 11 is 0. The van der Waals surface area contributed by atoms with Crippen molar-refractivity contribution in [2.24, 2.45) is 11.1 Å². The van der Waals surface area contributed by atoms with Crippen molar-refractivity contribution in [1.82, 2.24) is 4.90 Å². The van der Waals surface area contributed by atoms with Gasteiger partial charge in [0.15, 0.2) is 0 Å². The summed E-state index contributed by atoms with van der Waals surface area (Å²) in [6.07, 6.45) is 4.73. The Morgan fingerprint density at radius 2 is 1.77 bits per heavy atom. The number of nitrogens with zero attached hydrogens (tertiary/aromatic N) is 1. The molecule has 3 N–H and O–H groups in total. The highest BCUT2D eigenvalue weighted by Gasteiger charge is 2.32. The first-order chi connectivity index (χ1) is 12.2. The van der Waals surface area contributed by atoms with Crippen molar-refractivity contribution in [3.05, 3.63) is 29.8 Å². The average Bonchev–Trinajstić information content (AvgIpc) is 2.53. The average molecular weight is 360 g/mol. The van der Waals surface area contributed by atoms with Crippen LogP contribution in [0.5, 0.6) is 0 Å². The highest BCUT2D eigenvalue weighted by Crippen LogP contribution is 2.27. The second-order valence-corrected chi connectivity index (χ2v) is 8.65. The molecule has 144 valence electrons. The minimum absolute atomic E-state index is 0.0475. The number of amides is 2. The van der Waals surface area contributed by atoms with Crippen LogP contribution in [0.2, 0.25) is 0 Å². The molecule has 1 fully saturated rings. The zero-order chi connectivity index (χ0) is 19.3. The number of nitrogens with two attached hydrogens (primary N) is 1. The molecule has 2 amide bonds. The monoisotopic (exact) mass is 359 g/mol. The Hall–Kier alpha value is -1.88. The van der Waals surface area contributed by atoms with Crippen LogP contribution in [0.15, 0.2) is 24.3 Å². The smallest absolute Gasteiger partial charge is 0.223 e. The molecular formula is C21H33N3O2. The topological polar surface area (TPSA) is 75.4 Å². The number of benzene rings is 1. The van der Waals surface area contributed by atoms with Crippen LogP contribution < -0.4 is 11.1 Å². The summed E-state index contributed by atoms with van der Waals surface area (Å²) in [4.78, 5) is 26.2. The fourth-order valence-electron chi connectivity index (χ4n) is 3.57. The molecule has 0 bridgehead atoms. The summed E-state index contributed by atoms with van der Waals surface area (Å²) in [6.45, 7) is 8.32. The first-order valence-corrected chi connectivity index (χ1v) is 9.57. The lowest BCUT2D eigenvalue weighted by atomic mass is 9.87. The number of hydrogen-bond acceptors (Lipinski definition) is 3. The van der Waals surface area contributed by atoms with E-state index in [1.165, 1.54) is 6.92 Å². The molecule has 0 spiro atoms. The molecule has 5 nitrogen and oxygen atoms in total. The molecule has 0 heterocycles. The molecule has 26 heavy (non-hydrogen) atoms. The van der Waals surface area contributed by atoms with E-state index in [2.05, 4.69) is 26.1 Å². The van der Waals surface area contributed by atoms with Crippen LogP contribution in [0.4, 0.5) is 5.69 Å². The van der Waals surface area contributed by atoms with Gasteiger partial charge in [-0.25, -0.2) is 0 Å². The van der Waals surface area contributed by atoms with E-state index in [0.29, 0.717) is 13.0 Å². The predicted octanol–water partition coefficient (Wildman–Crippen LogP) is 3.68. The zero-order valence-electron chi connectivity index (χ0n) is 16.5. The van der Waals surface area contributed by atoms with E-state index >= 15 is 0 Å². The Labute approximate surface area is 157 Å². The minimum atomic E-state index is -0.0899. The SMILES string of the molecule is CC(=O)Nc1ccc(CN(C(=O)CC(C)(C)C)C2CCCCC2N)cc1. The molecule has 0 aromatic heterocycles. The second-order valence-electron chi connectivity index (χ2n) is 8.65. The third kappa shape index (κ3) is 6.13. The molecule has 1 aliphatic rings. The van der Waals surface area contributed by atoms with Crippen molar-refractivity contribution in [2.45, 2.75) is 78.4 Å². The van der Waals surface area contributed by atoms with E-state index in [0.717, 1.165) is 36.9 Å². The lowest BCUT2D eigenvalue weighted by Crippen LogP contribution is -2.52. The van der Waals surface area contributed by atoms with E-state index in [4.69, 9.17) is 5.73 Å². The molecule has 5 heteroatoms. The van der Waals surface area contributed by atoms with Crippen LogP contribution >= 0.6 is 0 Å². The van der Waals surface area contributed by atoms with Gasteiger partial charge in [0, 0.05) is 37.7 Å². The third-order valence-electron chi connectivity index (χ3n) is 4.81. The maximum absolute atomic E-state index is 13.0. The Bertz CT molecular complexity index is 619. The largest absolute Gasteiger partial charge is 0.334 e. The second kappa shape index (κ2) is 8.67. The molecular weight excluding hydrogens is 326 g/mol. The molecule has 1 aromatic carbocycles. The van der Waals surface area contributed by atoms with Gasteiger partial charge >= 0.3 is 0 Å². The van der Waals surface area contributed by atoms with Gasteiger partial charge in [-0.15, -0.1) is 0 Å². The summed E-state index contributed by atoms with van der Waals surface area (Å²) in [6, 6.07) is 7.85. The lowest BCUT2D eigenvalue weighted by Gasteiger charge is -2.39. The Morgan fingerprint density at radius 3 is 2.31 bits per heavy atom. The minimum Gasteiger partial charge on any atom is -0.334 e. The number of carbonyl (C=O) groups excluding carboxylic acids is 2. The highest BCUT2D eigenvalue weighted by molar-refractivity contribution is 5.88. The van der Waals surface area contributed by atoms with Gasteiger partial charge in [0.05, 0.1) is 0 Å². The Kier molecular flexibility index (Phi) is 6.81. The van der Waals surface area contributed by atoms with Gasteiger partial charge in [-0.05, 0) is 36.0 Å². The molecule has 0 aliphatic heterocycles. The van der Waals surface area contributed by atoms with Crippen molar-refractivity contribution >= 4 is 17.5 Å². The first-order valence-electron chi connectivity index (χ1n) is 9.57. The number of anilines is 1. The van der Waals surface area contributed by atoms with Crippen LogP contribution in [-0.2, 0) is 16.1 Å². The molecule has 2 atom stereocenters. The molecule has 1 saturated carbocycles. The normalized spacial score (nSPS) is 20.5. The van der Waals surface area contributed by atoms with E-state index in [1.54, 1.807) is 0 Å². The maximum atomic E-state index is 13.0. The number of hydrogen-bond donors (Lipinski definition) is 2. The quantitative estimate of drug-likeness (QED) is 0.842. The number of carbonyl (C=O) groups is 2. The van der Waals surface area contributed by atoms with Crippen LogP contribution in [0.3, 0.4) is 0 Å². The van der Waals surface area contributed by atoms with Gasteiger partial charge < -0.3 is 16.0 Å². The van der Waals surface area contributed by atoms with E-state index < -0.39 is 0 Å². The zero-order valence-corrected chi connectivity index (χ0v) is 16.5. The molecule has 1 aromatic rings. The van der Waals surface area contributed by atoms with E-state index in [1.807, 2.05) is 29.2 Å². The Morgan fingerprint density at radius 1 is 1.15 bits per heavy atom. The summed E-state index contributed by atoms with van der Waals surface area (Å²) in [7, 11) is 0. The number of nitrogens with one attached hydrogen (secondary N) is 1. The van der Waals surface area contributed by atoms with Gasteiger partial charge in [0.25, 0.3) is 0 Å². The summed E-state index contributed by atoms with van der Waals surface area (Å²) < 4.78 is 0. The number of rotatable bonds is 5. The first kappa shape index (κ1) is 20.4. The van der Waals surface area contributed by atoms with Gasteiger partial charge in [-0.1, -0.05) is 45.7 Å². The third-order valence-corrected chi connectivity index (χ3v) is 4.81. The van der Waals surface area contributed by atoms with Crippen molar-refractivity contribution < 1.29 is 9.59 Å². The molecule has 2 unspecified atom stereocenters. The fourth-order valence-corrected chi connectivity index (χ4v) is 3.57. The van der Waals surface area contributed by atoms with Crippen LogP contribution in [0, 0.1) is 5.41 Å². The van der Waals surface area contributed by atoms with Crippen LogP contribution in [0.25, 0.3) is 0 Å². The van der Waals surface area contributed by atoms with E-state index in [-0.39, 0.29) is 29.3 Å². The molecule has 1 aliphatic carbocycles. The van der Waals surface area contributed by atoms with Crippen LogP contribution in [-0.4, -0.2) is 28.8 Å². The van der Waals surface area contributed by atoms with E-state index in [9.17, 15) is 9.59 Å².